The number of piperazine rings is 1. The van der Waals surface area contributed by atoms with E-state index in [9.17, 15) is 14.4 Å². The van der Waals surface area contributed by atoms with Crippen LogP contribution in [-0.4, -0.2) is 58.2 Å². The SMILES string of the molecule is O=C(Cn1[nH]c(=O)c2ccccc2c1=O)N1CCN(C/C=C/c2ccccc2)CC1. The maximum absolute atomic E-state index is 12.7. The molecule has 0 atom stereocenters. The predicted molar refractivity (Wildman–Crippen MR) is 117 cm³/mol. The minimum atomic E-state index is -0.368. The molecule has 1 amide bonds. The number of hydrogen-bond donors (Lipinski definition) is 1. The van der Waals surface area contributed by atoms with Crippen LogP contribution in [0, 0.1) is 0 Å². The number of fused-ring (bicyclic) bond motifs is 1. The van der Waals surface area contributed by atoms with Gasteiger partial charge < -0.3 is 4.90 Å². The molecule has 0 unspecified atom stereocenters. The fraction of sp³-hybridized carbons (Fsp3) is 0.261. The quantitative estimate of drug-likeness (QED) is 0.700. The lowest BCUT2D eigenvalue weighted by Crippen LogP contribution is -2.50. The van der Waals surface area contributed by atoms with Gasteiger partial charge in [0.1, 0.15) is 6.54 Å². The van der Waals surface area contributed by atoms with Crippen LogP contribution < -0.4 is 11.1 Å². The number of aromatic nitrogens is 2. The number of carbonyl (C=O) groups is 1. The average Bonchev–Trinajstić information content (AvgIpc) is 2.78. The van der Waals surface area contributed by atoms with Gasteiger partial charge in [-0.3, -0.25) is 24.4 Å². The number of amides is 1. The van der Waals surface area contributed by atoms with Crippen molar-refractivity contribution in [2.45, 2.75) is 6.54 Å². The molecular weight excluding hydrogens is 380 g/mol. The summed E-state index contributed by atoms with van der Waals surface area (Å²) in [5.41, 5.74) is 0.442. The van der Waals surface area contributed by atoms with Crippen molar-refractivity contribution >= 4 is 22.8 Å². The number of carbonyl (C=O) groups excluding carboxylic acids is 1. The molecule has 30 heavy (non-hydrogen) atoms. The molecule has 4 rings (SSSR count). The van der Waals surface area contributed by atoms with Crippen molar-refractivity contribution in [3.05, 3.63) is 86.9 Å². The molecular formula is C23H24N4O3. The van der Waals surface area contributed by atoms with Gasteiger partial charge >= 0.3 is 0 Å². The summed E-state index contributed by atoms with van der Waals surface area (Å²) in [4.78, 5) is 41.5. The number of benzene rings is 2. The van der Waals surface area contributed by atoms with Gasteiger partial charge in [0.2, 0.25) is 5.91 Å². The lowest BCUT2D eigenvalue weighted by atomic mass is 10.2. The Hall–Kier alpha value is -3.45. The van der Waals surface area contributed by atoms with Crippen LogP contribution in [-0.2, 0) is 11.3 Å². The molecule has 2 heterocycles. The maximum Gasteiger partial charge on any atom is 0.273 e. The summed E-state index contributed by atoms with van der Waals surface area (Å²) in [5, 5.41) is 3.18. The third-order valence-corrected chi connectivity index (χ3v) is 5.38. The first-order valence-corrected chi connectivity index (χ1v) is 10.1. The highest BCUT2D eigenvalue weighted by molar-refractivity contribution is 5.81. The van der Waals surface area contributed by atoms with Crippen molar-refractivity contribution in [3.8, 4) is 0 Å². The summed E-state index contributed by atoms with van der Waals surface area (Å²) in [6.45, 7) is 3.42. The fourth-order valence-corrected chi connectivity index (χ4v) is 3.68. The second kappa shape index (κ2) is 8.92. The Morgan fingerprint density at radius 1 is 0.900 bits per heavy atom. The van der Waals surface area contributed by atoms with E-state index in [-0.39, 0.29) is 23.6 Å². The Morgan fingerprint density at radius 3 is 2.30 bits per heavy atom. The maximum atomic E-state index is 12.7. The minimum absolute atomic E-state index is 0.160. The third kappa shape index (κ3) is 4.41. The van der Waals surface area contributed by atoms with Crippen molar-refractivity contribution in [2.24, 2.45) is 0 Å². The van der Waals surface area contributed by atoms with Gasteiger partial charge in [-0.15, -0.1) is 0 Å². The molecule has 0 bridgehead atoms. The van der Waals surface area contributed by atoms with Crippen LogP contribution in [0.1, 0.15) is 5.56 Å². The van der Waals surface area contributed by atoms with Crippen LogP contribution >= 0.6 is 0 Å². The zero-order chi connectivity index (χ0) is 20.9. The van der Waals surface area contributed by atoms with Gasteiger partial charge in [-0.1, -0.05) is 54.6 Å². The largest absolute Gasteiger partial charge is 0.339 e. The number of rotatable bonds is 5. The standard InChI is InChI=1S/C23H24N4O3/c28-21(17-27-23(30)20-11-5-4-10-19(20)22(29)24-27)26-15-13-25(14-16-26)12-6-9-18-7-2-1-3-8-18/h1-11H,12-17H2,(H,24,29)/b9-6+. The van der Waals surface area contributed by atoms with E-state index in [0.29, 0.717) is 23.9 Å². The first-order valence-electron chi connectivity index (χ1n) is 10.1. The van der Waals surface area contributed by atoms with Crippen LogP contribution in [0.4, 0.5) is 0 Å². The molecule has 2 aromatic carbocycles. The van der Waals surface area contributed by atoms with E-state index in [1.165, 1.54) is 5.56 Å². The molecule has 1 fully saturated rings. The lowest BCUT2D eigenvalue weighted by molar-refractivity contribution is -0.133. The van der Waals surface area contributed by atoms with Gasteiger partial charge in [0, 0.05) is 32.7 Å². The van der Waals surface area contributed by atoms with E-state index in [1.807, 2.05) is 18.2 Å². The topological polar surface area (TPSA) is 78.4 Å². The molecule has 0 saturated carbocycles. The van der Waals surface area contributed by atoms with Crippen LogP contribution in [0.15, 0.2) is 70.3 Å². The van der Waals surface area contributed by atoms with E-state index in [0.717, 1.165) is 24.3 Å². The van der Waals surface area contributed by atoms with Gasteiger partial charge in [0.25, 0.3) is 11.1 Å². The molecule has 0 aliphatic carbocycles. The van der Waals surface area contributed by atoms with E-state index in [1.54, 1.807) is 29.2 Å². The van der Waals surface area contributed by atoms with Crippen LogP contribution in [0.25, 0.3) is 16.8 Å². The minimum Gasteiger partial charge on any atom is -0.339 e. The Labute approximate surface area is 173 Å². The number of nitrogens with zero attached hydrogens (tertiary/aromatic N) is 3. The van der Waals surface area contributed by atoms with Crippen molar-refractivity contribution in [1.82, 2.24) is 19.6 Å². The Balaban J connectivity index is 1.34. The molecule has 1 aliphatic rings. The molecule has 1 aliphatic heterocycles. The molecule has 7 heteroatoms. The molecule has 7 nitrogen and oxygen atoms in total. The molecule has 0 spiro atoms. The van der Waals surface area contributed by atoms with Gasteiger partial charge in [0.15, 0.2) is 0 Å². The smallest absolute Gasteiger partial charge is 0.273 e. The second-order valence-electron chi connectivity index (χ2n) is 7.37. The first-order chi connectivity index (χ1) is 14.6. The third-order valence-electron chi connectivity index (χ3n) is 5.38. The van der Waals surface area contributed by atoms with Gasteiger partial charge in [0.05, 0.1) is 10.8 Å². The van der Waals surface area contributed by atoms with Gasteiger partial charge in [-0.25, -0.2) is 4.68 Å². The van der Waals surface area contributed by atoms with E-state index < -0.39 is 0 Å². The normalized spacial score (nSPS) is 15.1. The van der Waals surface area contributed by atoms with Crippen LogP contribution in [0.5, 0.6) is 0 Å². The number of hydrogen-bond acceptors (Lipinski definition) is 4. The molecule has 3 aromatic rings. The predicted octanol–water partition coefficient (Wildman–Crippen LogP) is 1.55. The summed E-state index contributed by atoms with van der Waals surface area (Å²) >= 11 is 0. The van der Waals surface area contributed by atoms with E-state index >= 15 is 0 Å². The molecule has 1 N–H and O–H groups in total. The Kier molecular flexibility index (Phi) is 5.90. The van der Waals surface area contributed by atoms with Crippen LogP contribution in [0.2, 0.25) is 0 Å². The average molecular weight is 404 g/mol. The Morgan fingerprint density at radius 2 is 1.57 bits per heavy atom. The van der Waals surface area contributed by atoms with Crippen molar-refractivity contribution in [3.63, 3.8) is 0 Å². The fourth-order valence-electron chi connectivity index (χ4n) is 3.68. The van der Waals surface area contributed by atoms with E-state index in [2.05, 4.69) is 34.3 Å². The highest BCUT2D eigenvalue weighted by atomic mass is 16.2. The highest BCUT2D eigenvalue weighted by Crippen LogP contribution is 2.06. The van der Waals surface area contributed by atoms with Crippen molar-refractivity contribution < 1.29 is 4.79 Å². The summed E-state index contributed by atoms with van der Waals surface area (Å²) in [6, 6.07) is 16.8. The summed E-state index contributed by atoms with van der Waals surface area (Å²) < 4.78 is 1.11. The summed E-state index contributed by atoms with van der Waals surface area (Å²) in [6.07, 6.45) is 4.23. The Bertz CT molecular complexity index is 1170. The zero-order valence-corrected chi connectivity index (χ0v) is 16.7. The molecule has 154 valence electrons. The van der Waals surface area contributed by atoms with E-state index in [4.69, 9.17) is 0 Å². The first kappa shape index (κ1) is 19.8. The lowest BCUT2D eigenvalue weighted by Gasteiger charge is -2.34. The zero-order valence-electron chi connectivity index (χ0n) is 16.7. The molecule has 1 aromatic heterocycles. The van der Waals surface area contributed by atoms with Gasteiger partial charge in [-0.05, 0) is 17.7 Å². The summed E-state index contributed by atoms with van der Waals surface area (Å²) in [7, 11) is 0. The highest BCUT2D eigenvalue weighted by Gasteiger charge is 2.21. The number of nitrogens with one attached hydrogen (secondary N) is 1. The van der Waals surface area contributed by atoms with Crippen molar-refractivity contribution in [2.75, 3.05) is 32.7 Å². The van der Waals surface area contributed by atoms with Crippen LogP contribution in [0.3, 0.4) is 0 Å². The number of aromatic amines is 1. The van der Waals surface area contributed by atoms with Crippen molar-refractivity contribution in [1.29, 1.82) is 0 Å². The summed E-state index contributed by atoms with van der Waals surface area (Å²) in [5.74, 6) is -0.164. The molecule has 0 radical (unpaired) electrons. The van der Waals surface area contributed by atoms with Gasteiger partial charge in [-0.2, -0.15) is 0 Å². The number of H-pyrrole nitrogens is 1. The second-order valence-corrected chi connectivity index (χ2v) is 7.37. The molecule has 1 saturated heterocycles. The monoisotopic (exact) mass is 404 g/mol.